The standard InChI is InChI=1S/C21H30BrN5O.HI/c1-4-23-21(26(3)16-19-13-18(22)15-25(19)2)24-14-17-7-5-6-8-20(17)27-9-11-28-12-10-27;/h5-8,13,15H,4,9-12,14,16H2,1-3H3,(H,23,24);1H. The van der Waals surface area contributed by atoms with Gasteiger partial charge in [-0.25, -0.2) is 4.99 Å². The molecule has 8 heteroatoms. The monoisotopic (exact) mass is 575 g/mol. The van der Waals surface area contributed by atoms with Crippen molar-refractivity contribution in [3.05, 3.63) is 52.3 Å². The number of nitrogens with zero attached hydrogens (tertiary/aromatic N) is 4. The zero-order chi connectivity index (χ0) is 19.9. The minimum atomic E-state index is 0. The maximum atomic E-state index is 5.50. The van der Waals surface area contributed by atoms with Crippen molar-refractivity contribution in [1.29, 1.82) is 0 Å². The van der Waals surface area contributed by atoms with E-state index in [4.69, 9.17) is 9.73 Å². The quantitative estimate of drug-likeness (QED) is 0.323. The average Bonchev–Trinajstić information content (AvgIpc) is 3.02. The van der Waals surface area contributed by atoms with Gasteiger partial charge in [0.05, 0.1) is 26.3 Å². The van der Waals surface area contributed by atoms with Crippen molar-refractivity contribution in [3.63, 3.8) is 0 Å². The van der Waals surface area contributed by atoms with Crippen molar-refractivity contribution < 1.29 is 4.74 Å². The van der Waals surface area contributed by atoms with Crippen LogP contribution in [0, 0.1) is 0 Å². The van der Waals surface area contributed by atoms with Gasteiger partial charge in [0.15, 0.2) is 5.96 Å². The minimum Gasteiger partial charge on any atom is -0.378 e. The van der Waals surface area contributed by atoms with Crippen LogP contribution in [-0.4, -0.2) is 55.3 Å². The molecule has 0 saturated carbocycles. The molecule has 0 atom stereocenters. The second kappa shape index (κ2) is 11.8. The SMILES string of the molecule is CCNC(=NCc1ccccc1N1CCOCC1)N(C)Cc1cc(Br)cn1C.I. The van der Waals surface area contributed by atoms with Crippen LogP contribution in [0.25, 0.3) is 0 Å². The number of ether oxygens (including phenoxy) is 1. The number of rotatable bonds is 6. The van der Waals surface area contributed by atoms with Gasteiger partial charge in [-0.05, 0) is 40.5 Å². The summed E-state index contributed by atoms with van der Waals surface area (Å²) in [6.07, 6.45) is 2.08. The summed E-state index contributed by atoms with van der Waals surface area (Å²) in [7, 11) is 4.15. The fourth-order valence-electron chi connectivity index (χ4n) is 3.43. The van der Waals surface area contributed by atoms with Gasteiger partial charge in [0.1, 0.15) is 0 Å². The van der Waals surface area contributed by atoms with Crippen molar-refractivity contribution in [2.75, 3.05) is 44.8 Å². The Morgan fingerprint density at radius 3 is 2.66 bits per heavy atom. The fraction of sp³-hybridized carbons (Fsp3) is 0.476. The van der Waals surface area contributed by atoms with Gasteiger partial charge in [-0.15, -0.1) is 24.0 Å². The maximum absolute atomic E-state index is 5.50. The van der Waals surface area contributed by atoms with Gasteiger partial charge in [-0.2, -0.15) is 0 Å². The van der Waals surface area contributed by atoms with Crippen LogP contribution in [-0.2, 0) is 24.9 Å². The van der Waals surface area contributed by atoms with E-state index < -0.39 is 0 Å². The smallest absolute Gasteiger partial charge is 0.194 e. The summed E-state index contributed by atoms with van der Waals surface area (Å²) < 4.78 is 8.73. The van der Waals surface area contributed by atoms with E-state index in [-0.39, 0.29) is 24.0 Å². The van der Waals surface area contributed by atoms with Gasteiger partial charge in [0.25, 0.3) is 0 Å². The highest BCUT2D eigenvalue weighted by molar-refractivity contribution is 14.0. The summed E-state index contributed by atoms with van der Waals surface area (Å²) in [6.45, 7) is 7.82. The number of morpholine rings is 1. The fourth-order valence-corrected chi connectivity index (χ4v) is 4.00. The van der Waals surface area contributed by atoms with Crippen LogP contribution in [0.5, 0.6) is 0 Å². The van der Waals surface area contributed by atoms with Crippen LogP contribution < -0.4 is 10.2 Å². The number of aryl methyl sites for hydroxylation is 1. The highest BCUT2D eigenvalue weighted by atomic mass is 127. The van der Waals surface area contributed by atoms with Gasteiger partial charge < -0.3 is 24.4 Å². The Bertz CT molecular complexity index is 804. The number of aromatic nitrogens is 1. The molecule has 1 aromatic carbocycles. The zero-order valence-electron chi connectivity index (χ0n) is 17.4. The van der Waals surface area contributed by atoms with E-state index in [1.807, 2.05) is 0 Å². The third-order valence-corrected chi connectivity index (χ3v) is 5.35. The Kier molecular flexibility index (Phi) is 9.78. The van der Waals surface area contributed by atoms with Gasteiger partial charge in [-0.3, -0.25) is 0 Å². The number of aliphatic imine (C=N–C) groups is 1. The molecule has 3 rings (SSSR count). The lowest BCUT2D eigenvalue weighted by atomic mass is 10.1. The van der Waals surface area contributed by atoms with Crippen LogP contribution >= 0.6 is 39.9 Å². The van der Waals surface area contributed by atoms with Gasteiger partial charge in [0.2, 0.25) is 0 Å². The molecule has 0 spiro atoms. The molecule has 0 bridgehead atoms. The molecule has 160 valence electrons. The van der Waals surface area contributed by atoms with Crippen molar-refractivity contribution in [3.8, 4) is 0 Å². The van der Waals surface area contributed by atoms with E-state index in [1.165, 1.54) is 16.9 Å². The van der Waals surface area contributed by atoms with E-state index in [1.54, 1.807) is 0 Å². The van der Waals surface area contributed by atoms with E-state index in [0.717, 1.165) is 49.8 Å². The average molecular weight is 576 g/mol. The number of hydrogen-bond acceptors (Lipinski definition) is 3. The lowest BCUT2D eigenvalue weighted by molar-refractivity contribution is 0.122. The summed E-state index contributed by atoms with van der Waals surface area (Å²) in [5.74, 6) is 0.914. The molecular weight excluding hydrogens is 545 g/mol. The molecular formula is C21H31BrIN5O. The molecule has 0 amide bonds. The number of nitrogens with one attached hydrogen (secondary N) is 1. The topological polar surface area (TPSA) is 45.0 Å². The Balaban J connectivity index is 0.00000300. The Hall–Kier alpha value is -1.26. The number of para-hydroxylation sites is 1. The Labute approximate surface area is 199 Å². The second-order valence-corrected chi connectivity index (χ2v) is 7.93. The van der Waals surface area contributed by atoms with Crippen molar-refractivity contribution in [1.82, 2.24) is 14.8 Å². The molecule has 6 nitrogen and oxygen atoms in total. The molecule has 0 unspecified atom stereocenters. The number of hydrogen-bond donors (Lipinski definition) is 1. The molecule has 1 fully saturated rings. The first-order chi connectivity index (χ1) is 13.6. The number of guanidine groups is 1. The summed E-state index contributed by atoms with van der Waals surface area (Å²) in [4.78, 5) is 9.49. The molecule has 2 heterocycles. The third-order valence-electron chi connectivity index (χ3n) is 4.91. The largest absolute Gasteiger partial charge is 0.378 e. The lowest BCUT2D eigenvalue weighted by Gasteiger charge is -2.30. The first kappa shape index (κ1) is 24.0. The normalized spacial score (nSPS) is 14.5. The van der Waals surface area contributed by atoms with Gasteiger partial charge in [0, 0.05) is 55.8 Å². The summed E-state index contributed by atoms with van der Waals surface area (Å²) in [6, 6.07) is 10.7. The van der Waals surface area contributed by atoms with Crippen molar-refractivity contribution in [2.45, 2.75) is 20.0 Å². The molecule has 0 aliphatic carbocycles. The predicted octanol–water partition coefficient (Wildman–Crippen LogP) is 3.84. The predicted molar refractivity (Wildman–Crippen MR) is 134 cm³/mol. The molecule has 0 radical (unpaired) electrons. The Morgan fingerprint density at radius 1 is 1.28 bits per heavy atom. The van der Waals surface area contributed by atoms with Gasteiger partial charge in [-0.1, -0.05) is 18.2 Å². The van der Waals surface area contributed by atoms with Crippen LogP contribution in [0.1, 0.15) is 18.2 Å². The summed E-state index contributed by atoms with van der Waals surface area (Å²) >= 11 is 3.55. The zero-order valence-corrected chi connectivity index (χ0v) is 21.3. The van der Waals surface area contributed by atoms with Crippen LogP contribution in [0.2, 0.25) is 0 Å². The first-order valence-corrected chi connectivity index (χ1v) is 10.6. The molecule has 29 heavy (non-hydrogen) atoms. The summed E-state index contributed by atoms with van der Waals surface area (Å²) in [5, 5.41) is 3.42. The third kappa shape index (κ3) is 6.62. The molecule has 1 aromatic heterocycles. The van der Waals surface area contributed by atoms with Crippen LogP contribution in [0.3, 0.4) is 0 Å². The molecule has 1 N–H and O–H groups in total. The maximum Gasteiger partial charge on any atom is 0.194 e. The number of benzene rings is 1. The summed E-state index contributed by atoms with van der Waals surface area (Å²) in [5.41, 5.74) is 3.74. The van der Waals surface area contributed by atoms with E-state index in [9.17, 15) is 0 Å². The van der Waals surface area contributed by atoms with E-state index >= 15 is 0 Å². The van der Waals surface area contributed by atoms with Crippen molar-refractivity contribution in [2.24, 2.45) is 12.0 Å². The lowest BCUT2D eigenvalue weighted by Crippen LogP contribution is -2.39. The van der Waals surface area contributed by atoms with Crippen LogP contribution in [0.15, 0.2) is 46.0 Å². The first-order valence-electron chi connectivity index (χ1n) is 9.79. The Morgan fingerprint density at radius 2 is 2.00 bits per heavy atom. The molecule has 1 aliphatic heterocycles. The molecule has 1 aliphatic rings. The van der Waals surface area contributed by atoms with E-state index in [0.29, 0.717) is 6.54 Å². The van der Waals surface area contributed by atoms with E-state index in [2.05, 4.69) is 93.2 Å². The van der Waals surface area contributed by atoms with Crippen molar-refractivity contribution >= 4 is 51.6 Å². The van der Waals surface area contributed by atoms with Gasteiger partial charge >= 0.3 is 0 Å². The molecule has 1 saturated heterocycles. The highest BCUT2D eigenvalue weighted by Crippen LogP contribution is 2.22. The minimum absolute atomic E-state index is 0. The number of halogens is 2. The highest BCUT2D eigenvalue weighted by Gasteiger charge is 2.15. The van der Waals surface area contributed by atoms with Crippen LogP contribution in [0.4, 0.5) is 5.69 Å². The number of anilines is 1. The molecule has 2 aromatic rings. The second-order valence-electron chi connectivity index (χ2n) is 7.01.